The predicted octanol–water partition coefficient (Wildman–Crippen LogP) is 3.82. The minimum Gasteiger partial charge on any atom is -0.497 e. The lowest BCUT2D eigenvalue weighted by Gasteiger charge is -2.20. The van der Waals surface area contributed by atoms with Crippen LogP contribution in [0.5, 0.6) is 5.75 Å². The van der Waals surface area contributed by atoms with Gasteiger partial charge in [0.2, 0.25) is 0 Å². The molecule has 1 heterocycles. The standard InChI is InChI=1S/C23H27NO3/c1-5-16-6-8-17(9-7-16)23(15(2)3)24-14-18-12-22(25)27-21-13-19(26-4)10-11-20(18)21/h6-13,15,23-24H,5,14H2,1-4H3/p+1/t23-/m1/s1. The summed E-state index contributed by atoms with van der Waals surface area (Å²) in [5, 5.41) is 3.26. The number of ether oxygens (including phenoxy) is 1. The largest absolute Gasteiger partial charge is 0.497 e. The first-order valence-electron chi connectivity index (χ1n) is 9.54. The molecule has 0 bridgehead atoms. The molecule has 27 heavy (non-hydrogen) atoms. The van der Waals surface area contributed by atoms with Gasteiger partial charge in [-0.1, -0.05) is 45.0 Å². The van der Waals surface area contributed by atoms with Gasteiger partial charge in [0, 0.05) is 34.6 Å². The average Bonchev–Trinajstić information content (AvgIpc) is 2.67. The SMILES string of the molecule is CCc1ccc([C@H]([NH2+]Cc2cc(=O)oc3cc(OC)ccc23)C(C)C)cc1. The van der Waals surface area contributed by atoms with Gasteiger partial charge in [-0.3, -0.25) is 0 Å². The Morgan fingerprint density at radius 1 is 1.07 bits per heavy atom. The number of rotatable bonds is 7. The fourth-order valence-electron chi connectivity index (χ4n) is 3.53. The van der Waals surface area contributed by atoms with E-state index in [4.69, 9.17) is 9.15 Å². The fourth-order valence-corrected chi connectivity index (χ4v) is 3.53. The van der Waals surface area contributed by atoms with E-state index in [9.17, 15) is 4.79 Å². The summed E-state index contributed by atoms with van der Waals surface area (Å²) in [5.74, 6) is 1.16. The van der Waals surface area contributed by atoms with Crippen LogP contribution in [0.4, 0.5) is 0 Å². The highest BCUT2D eigenvalue weighted by Gasteiger charge is 2.20. The molecule has 0 unspecified atom stereocenters. The van der Waals surface area contributed by atoms with Crippen LogP contribution in [0, 0.1) is 5.92 Å². The average molecular weight is 366 g/mol. The number of hydrogen-bond acceptors (Lipinski definition) is 3. The quantitative estimate of drug-likeness (QED) is 0.647. The number of hydrogen-bond donors (Lipinski definition) is 1. The Balaban J connectivity index is 1.87. The number of quaternary nitrogens is 1. The van der Waals surface area contributed by atoms with Crippen LogP contribution in [0.1, 0.15) is 43.5 Å². The van der Waals surface area contributed by atoms with Crippen LogP contribution in [0.25, 0.3) is 11.0 Å². The highest BCUT2D eigenvalue weighted by Crippen LogP contribution is 2.23. The van der Waals surface area contributed by atoms with E-state index < -0.39 is 0 Å². The normalized spacial score (nSPS) is 12.5. The Kier molecular flexibility index (Phi) is 5.97. The van der Waals surface area contributed by atoms with Crippen molar-refractivity contribution in [3.63, 3.8) is 0 Å². The van der Waals surface area contributed by atoms with Crippen LogP contribution in [0.2, 0.25) is 0 Å². The van der Waals surface area contributed by atoms with Gasteiger partial charge < -0.3 is 14.5 Å². The lowest BCUT2D eigenvalue weighted by atomic mass is 9.94. The van der Waals surface area contributed by atoms with Crippen LogP contribution in [0.15, 0.2) is 57.7 Å². The third kappa shape index (κ3) is 4.40. The van der Waals surface area contributed by atoms with E-state index in [0.29, 0.717) is 29.8 Å². The highest BCUT2D eigenvalue weighted by atomic mass is 16.5. The van der Waals surface area contributed by atoms with Gasteiger partial charge in [-0.25, -0.2) is 4.79 Å². The second-order valence-corrected chi connectivity index (χ2v) is 7.26. The maximum atomic E-state index is 12.0. The monoisotopic (exact) mass is 366 g/mol. The number of methoxy groups -OCH3 is 1. The molecule has 1 aromatic heterocycles. The molecule has 1 atom stereocenters. The van der Waals surface area contributed by atoms with E-state index in [1.165, 1.54) is 11.1 Å². The minimum atomic E-state index is -0.326. The number of aryl methyl sites for hydroxylation is 1. The highest BCUT2D eigenvalue weighted by molar-refractivity contribution is 5.81. The zero-order valence-electron chi connectivity index (χ0n) is 16.5. The maximum absolute atomic E-state index is 12.0. The molecule has 4 heteroatoms. The van der Waals surface area contributed by atoms with Gasteiger partial charge in [0.1, 0.15) is 23.9 Å². The van der Waals surface area contributed by atoms with E-state index in [0.717, 1.165) is 17.4 Å². The lowest BCUT2D eigenvalue weighted by molar-refractivity contribution is -0.716. The Labute approximate surface area is 160 Å². The van der Waals surface area contributed by atoms with Crippen molar-refractivity contribution in [3.8, 4) is 5.75 Å². The van der Waals surface area contributed by atoms with Crippen molar-refractivity contribution in [2.75, 3.05) is 7.11 Å². The second kappa shape index (κ2) is 8.40. The molecule has 0 saturated heterocycles. The van der Waals surface area contributed by atoms with Crippen molar-refractivity contribution >= 4 is 11.0 Å². The van der Waals surface area contributed by atoms with Crippen LogP contribution in [-0.2, 0) is 13.0 Å². The van der Waals surface area contributed by atoms with Crippen molar-refractivity contribution < 1.29 is 14.5 Å². The van der Waals surface area contributed by atoms with Gasteiger partial charge in [0.15, 0.2) is 0 Å². The van der Waals surface area contributed by atoms with E-state index >= 15 is 0 Å². The first-order valence-corrected chi connectivity index (χ1v) is 9.54. The van der Waals surface area contributed by atoms with Gasteiger partial charge in [-0.15, -0.1) is 0 Å². The summed E-state index contributed by atoms with van der Waals surface area (Å²) < 4.78 is 10.6. The molecule has 0 aliphatic heterocycles. The van der Waals surface area contributed by atoms with Gasteiger partial charge in [0.25, 0.3) is 0 Å². The Hall–Kier alpha value is -2.59. The van der Waals surface area contributed by atoms with Crippen LogP contribution in [-0.4, -0.2) is 7.11 Å². The summed E-state index contributed by atoms with van der Waals surface area (Å²) in [5.41, 5.74) is 3.89. The predicted molar refractivity (Wildman–Crippen MR) is 108 cm³/mol. The van der Waals surface area contributed by atoms with Gasteiger partial charge in [0.05, 0.1) is 7.11 Å². The third-order valence-electron chi connectivity index (χ3n) is 5.12. The molecule has 0 aliphatic rings. The molecule has 142 valence electrons. The van der Waals surface area contributed by atoms with Crippen molar-refractivity contribution in [3.05, 3.63) is 75.6 Å². The van der Waals surface area contributed by atoms with Crippen molar-refractivity contribution in [2.24, 2.45) is 5.92 Å². The number of benzene rings is 2. The molecule has 2 aromatic carbocycles. The molecule has 2 N–H and O–H groups in total. The molecule has 0 radical (unpaired) electrons. The third-order valence-corrected chi connectivity index (χ3v) is 5.12. The molecule has 0 spiro atoms. The summed E-state index contributed by atoms with van der Waals surface area (Å²) in [6.07, 6.45) is 1.05. The summed E-state index contributed by atoms with van der Waals surface area (Å²) in [4.78, 5) is 12.0. The van der Waals surface area contributed by atoms with Crippen LogP contribution in [0.3, 0.4) is 0 Å². The Morgan fingerprint density at radius 2 is 1.81 bits per heavy atom. The smallest absolute Gasteiger partial charge is 0.336 e. The summed E-state index contributed by atoms with van der Waals surface area (Å²) in [6.45, 7) is 7.35. The van der Waals surface area contributed by atoms with Gasteiger partial charge in [-0.2, -0.15) is 0 Å². The molecule has 0 fully saturated rings. The molecule has 0 aliphatic carbocycles. The van der Waals surface area contributed by atoms with Gasteiger partial charge in [-0.05, 0) is 24.1 Å². The first kappa shape index (κ1) is 19.2. The van der Waals surface area contributed by atoms with Crippen LogP contribution >= 0.6 is 0 Å². The molecular formula is C23H28NO3+. The van der Waals surface area contributed by atoms with E-state index in [1.807, 2.05) is 12.1 Å². The molecule has 0 saturated carbocycles. The second-order valence-electron chi connectivity index (χ2n) is 7.26. The van der Waals surface area contributed by atoms with Crippen molar-refractivity contribution in [1.82, 2.24) is 0 Å². The zero-order chi connectivity index (χ0) is 19.4. The molecule has 4 nitrogen and oxygen atoms in total. The molecule has 0 amide bonds. The minimum absolute atomic E-state index is 0.326. The van der Waals surface area contributed by atoms with Crippen LogP contribution < -0.4 is 15.7 Å². The molecular weight excluding hydrogens is 338 g/mol. The van der Waals surface area contributed by atoms with E-state index in [1.54, 1.807) is 19.2 Å². The van der Waals surface area contributed by atoms with E-state index in [-0.39, 0.29) is 5.63 Å². The summed E-state index contributed by atoms with van der Waals surface area (Å²) >= 11 is 0. The number of nitrogens with two attached hydrogens (primary N) is 1. The summed E-state index contributed by atoms with van der Waals surface area (Å²) in [6, 6.07) is 16.4. The first-order chi connectivity index (χ1) is 13.0. The lowest BCUT2D eigenvalue weighted by Crippen LogP contribution is -2.84. The fraction of sp³-hybridized carbons (Fsp3) is 0.348. The van der Waals surface area contributed by atoms with E-state index in [2.05, 4.69) is 50.4 Å². The molecule has 3 rings (SSSR count). The number of fused-ring (bicyclic) bond motifs is 1. The maximum Gasteiger partial charge on any atom is 0.336 e. The zero-order valence-corrected chi connectivity index (χ0v) is 16.5. The van der Waals surface area contributed by atoms with Gasteiger partial charge >= 0.3 is 5.63 Å². The summed E-state index contributed by atoms with van der Waals surface area (Å²) in [7, 11) is 1.61. The topological polar surface area (TPSA) is 56.0 Å². The van der Waals surface area contributed by atoms with Crippen molar-refractivity contribution in [2.45, 2.75) is 39.8 Å². The van der Waals surface area contributed by atoms with Crippen molar-refractivity contribution in [1.29, 1.82) is 0 Å². The Morgan fingerprint density at radius 3 is 2.44 bits per heavy atom. The molecule has 3 aromatic rings. The Bertz CT molecular complexity index is 958.